The van der Waals surface area contributed by atoms with E-state index >= 15 is 0 Å². The Bertz CT molecular complexity index is 293. The van der Waals surface area contributed by atoms with E-state index in [0.717, 1.165) is 0 Å². The average molecular weight is 183 g/mol. The third-order valence-corrected chi connectivity index (χ3v) is 1.73. The molecular formula is C9H13NO3. The Morgan fingerprint density at radius 2 is 2.31 bits per heavy atom. The minimum atomic E-state index is -0.206. The van der Waals surface area contributed by atoms with Gasteiger partial charge in [-0.15, -0.1) is 0 Å². The molecule has 13 heavy (non-hydrogen) atoms. The third-order valence-electron chi connectivity index (χ3n) is 1.73. The van der Waals surface area contributed by atoms with Crippen LogP contribution < -0.4 is 0 Å². The van der Waals surface area contributed by atoms with E-state index in [0.29, 0.717) is 18.1 Å². The lowest BCUT2D eigenvalue weighted by atomic mass is 10.4. The zero-order valence-corrected chi connectivity index (χ0v) is 7.78. The molecule has 1 rings (SSSR count). The summed E-state index contributed by atoms with van der Waals surface area (Å²) in [6.07, 6.45) is 0. The first-order valence-electron chi connectivity index (χ1n) is 4.08. The number of carbonyl (C=O) groups is 1. The zero-order valence-electron chi connectivity index (χ0n) is 7.78. The van der Waals surface area contributed by atoms with Crippen molar-refractivity contribution in [3.63, 3.8) is 0 Å². The SMILES string of the molecule is Cc1ccc(C(=O)N(C)CCO)o1. The van der Waals surface area contributed by atoms with Crippen molar-refractivity contribution in [2.75, 3.05) is 20.2 Å². The lowest BCUT2D eigenvalue weighted by Crippen LogP contribution is -2.29. The molecule has 4 heteroatoms. The summed E-state index contributed by atoms with van der Waals surface area (Å²) in [4.78, 5) is 12.9. The summed E-state index contributed by atoms with van der Waals surface area (Å²) in [6.45, 7) is 2.06. The first-order chi connectivity index (χ1) is 6.15. The number of rotatable bonds is 3. The van der Waals surface area contributed by atoms with Crippen LogP contribution in [0.3, 0.4) is 0 Å². The molecule has 0 saturated carbocycles. The molecule has 1 aromatic rings. The van der Waals surface area contributed by atoms with Gasteiger partial charge in [0.15, 0.2) is 5.76 Å². The Morgan fingerprint density at radius 3 is 2.77 bits per heavy atom. The third kappa shape index (κ3) is 2.32. The predicted molar refractivity (Wildman–Crippen MR) is 47.5 cm³/mol. The van der Waals surface area contributed by atoms with Crippen molar-refractivity contribution in [1.82, 2.24) is 4.90 Å². The molecule has 0 unspecified atom stereocenters. The van der Waals surface area contributed by atoms with E-state index in [9.17, 15) is 4.79 Å². The topological polar surface area (TPSA) is 53.7 Å². The number of hydrogen-bond acceptors (Lipinski definition) is 3. The maximum Gasteiger partial charge on any atom is 0.289 e. The van der Waals surface area contributed by atoms with Gasteiger partial charge in [-0.3, -0.25) is 4.79 Å². The average Bonchev–Trinajstić information content (AvgIpc) is 2.51. The van der Waals surface area contributed by atoms with E-state index in [4.69, 9.17) is 9.52 Å². The Hall–Kier alpha value is -1.29. The van der Waals surface area contributed by atoms with E-state index in [1.807, 2.05) is 0 Å². The highest BCUT2D eigenvalue weighted by Crippen LogP contribution is 2.08. The van der Waals surface area contributed by atoms with Crippen molar-refractivity contribution in [3.8, 4) is 0 Å². The predicted octanol–water partition coefficient (Wildman–Crippen LogP) is 0.652. The number of amides is 1. The molecule has 0 bridgehead atoms. The van der Waals surface area contributed by atoms with Gasteiger partial charge in [0.25, 0.3) is 5.91 Å². The van der Waals surface area contributed by atoms with Crippen LogP contribution in [-0.2, 0) is 0 Å². The summed E-state index contributed by atoms with van der Waals surface area (Å²) < 4.78 is 5.14. The van der Waals surface area contributed by atoms with Crippen molar-refractivity contribution in [3.05, 3.63) is 23.7 Å². The highest BCUT2D eigenvalue weighted by Gasteiger charge is 2.13. The molecule has 0 aliphatic carbocycles. The maximum absolute atomic E-state index is 11.5. The van der Waals surface area contributed by atoms with Gasteiger partial charge in [-0.25, -0.2) is 0 Å². The summed E-state index contributed by atoms with van der Waals surface area (Å²) in [5, 5.41) is 8.61. The van der Waals surface area contributed by atoms with Crippen LogP contribution in [-0.4, -0.2) is 36.1 Å². The van der Waals surface area contributed by atoms with Gasteiger partial charge >= 0.3 is 0 Å². The van der Waals surface area contributed by atoms with Crippen LogP contribution >= 0.6 is 0 Å². The van der Waals surface area contributed by atoms with Crippen molar-refractivity contribution >= 4 is 5.91 Å². The van der Waals surface area contributed by atoms with Gasteiger partial charge in [0.1, 0.15) is 5.76 Å². The van der Waals surface area contributed by atoms with Gasteiger partial charge in [-0.2, -0.15) is 0 Å². The Balaban J connectivity index is 2.67. The number of aliphatic hydroxyl groups is 1. The molecule has 1 aromatic heterocycles. The van der Waals surface area contributed by atoms with Crippen molar-refractivity contribution < 1.29 is 14.3 Å². The van der Waals surface area contributed by atoms with Gasteiger partial charge in [0.05, 0.1) is 6.61 Å². The van der Waals surface area contributed by atoms with Crippen molar-refractivity contribution in [1.29, 1.82) is 0 Å². The number of aryl methyl sites for hydroxylation is 1. The van der Waals surface area contributed by atoms with Gasteiger partial charge in [0, 0.05) is 13.6 Å². The smallest absolute Gasteiger partial charge is 0.289 e. The lowest BCUT2D eigenvalue weighted by molar-refractivity contribution is 0.0734. The van der Waals surface area contributed by atoms with E-state index in [1.54, 1.807) is 26.1 Å². The molecule has 1 heterocycles. The van der Waals surface area contributed by atoms with Gasteiger partial charge in [-0.1, -0.05) is 0 Å². The number of hydrogen-bond donors (Lipinski definition) is 1. The fourth-order valence-corrected chi connectivity index (χ4v) is 0.989. The summed E-state index contributed by atoms with van der Waals surface area (Å²) >= 11 is 0. The molecule has 4 nitrogen and oxygen atoms in total. The zero-order chi connectivity index (χ0) is 9.84. The second-order valence-corrected chi connectivity index (χ2v) is 2.86. The van der Waals surface area contributed by atoms with Gasteiger partial charge in [0.2, 0.25) is 0 Å². The highest BCUT2D eigenvalue weighted by molar-refractivity contribution is 5.91. The molecule has 0 spiro atoms. The van der Waals surface area contributed by atoms with E-state index in [2.05, 4.69) is 0 Å². The first kappa shape index (κ1) is 9.80. The fourth-order valence-electron chi connectivity index (χ4n) is 0.989. The summed E-state index contributed by atoms with van der Waals surface area (Å²) in [7, 11) is 1.62. The summed E-state index contributed by atoms with van der Waals surface area (Å²) in [5.74, 6) is 0.816. The molecule has 72 valence electrons. The minimum Gasteiger partial charge on any atom is -0.456 e. The monoisotopic (exact) mass is 183 g/mol. The second-order valence-electron chi connectivity index (χ2n) is 2.86. The molecule has 0 saturated heterocycles. The van der Waals surface area contributed by atoms with Crippen LogP contribution in [0.15, 0.2) is 16.5 Å². The van der Waals surface area contributed by atoms with Crippen LogP contribution in [0.25, 0.3) is 0 Å². The molecular weight excluding hydrogens is 170 g/mol. The number of aliphatic hydroxyl groups excluding tert-OH is 1. The quantitative estimate of drug-likeness (QED) is 0.748. The minimum absolute atomic E-state index is 0.0398. The van der Waals surface area contributed by atoms with E-state index in [1.165, 1.54) is 4.90 Å². The number of furan rings is 1. The van der Waals surface area contributed by atoms with Crippen LogP contribution in [0.2, 0.25) is 0 Å². The molecule has 0 aliphatic heterocycles. The summed E-state index contributed by atoms with van der Waals surface area (Å²) in [5.41, 5.74) is 0. The van der Waals surface area contributed by atoms with Crippen LogP contribution in [0.1, 0.15) is 16.3 Å². The molecule has 0 aromatic carbocycles. The first-order valence-corrected chi connectivity index (χ1v) is 4.08. The van der Waals surface area contributed by atoms with Crippen LogP contribution in [0.4, 0.5) is 0 Å². The Morgan fingerprint density at radius 1 is 1.62 bits per heavy atom. The standard InChI is InChI=1S/C9H13NO3/c1-7-3-4-8(13-7)9(12)10(2)5-6-11/h3-4,11H,5-6H2,1-2H3. The van der Waals surface area contributed by atoms with E-state index < -0.39 is 0 Å². The number of nitrogens with zero attached hydrogens (tertiary/aromatic N) is 1. The molecule has 0 radical (unpaired) electrons. The maximum atomic E-state index is 11.5. The highest BCUT2D eigenvalue weighted by atomic mass is 16.3. The fraction of sp³-hybridized carbons (Fsp3) is 0.444. The summed E-state index contributed by atoms with van der Waals surface area (Å²) in [6, 6.07) is 3.37. The largest absolute Gasteiger partial charge is 0.456 e. The normalized spacial score (nSPS) is 10.1. The van der Waals surface area contributed by atoms with Crippen LogP contribution in [0.5, 0.6) is 0 Å². The second kappa shape index (κ2) is 4.09. The molecule has 0 aliphatic rings. The molecule has 0 fully saturated rings. The van der Waals surface area contributed by atoms with Gasteiger partial charge < -0.3 is 14.4 Å². The van der Waals surface area contributed by atoms with Crippen LogP contribution in [0, 0.1) is 6.92 Å². The van der Waals surface area contributed by atoms with E-state index in [-0.39, 0.29) is 12.5 Å². The number of carbonyl (C=O) groups excluding carboxylic acids is 1. The molecule has 0 atom stereocenters. The molecule has 1 N–H and O–H groups in total. The van der Waals surface area contributed by atoms with Gasteiger partial charge in [-0.05, 0) is 19.1 Å². The Labute approximate surface area is 76.8 Å². The Kier molecular flexibility index (Phi) is 3.08. The van der Waals surface area contributed by atoms with Crippen molar-refractivity contribution in [2.45, 2.75) is 6.92 Å². The number of likely N-dealkylation sites (N-methyl/N-ethyl adjacent to an activating group) is 1. The molecule has 1 amide bonds. The lowest BCUT2D eigenvalue weighted by Gasteiger charge is -2.13. The van der Waals surface area contributed by atoms with Crippen molar-refractivity contribution in [2.24, 2.45) is 0 Å².